The van der Waals surface area contributed by atoms with Crippen LogP contribution >= 0.6 is 0 Å². The summed E-state index contributed by atoms with van der Waals surface area (Å²) in [5.41, 5.74) is 6.71. The zero-order valence-electron chi connectivity index (χ0n) is 17.4. The van der Waals surface area contributed by atoms with E-state index < -0.39 is 11.7 Å². The number of alkyl halides is 3. The molecule has 168 valence electrons. The lowest BCUT2D eigenvalue weighted by Gasteiger charge is -2.28. The monoisotopic (exact) mass is 444 g/mol. The van der Waals surface area contributed by atoms with Gasteiger partial charge < -0.3 is 15.1 Å². The number of likely N-dealkylation sites (tertiary alicyclic amines) is 1. The summed E-state index contributed by atoms with van der Waals surface area (Å²) >= 11 is 0. The van der Waals surface area contributed by atoms with Crippen LogP contribution in [0.5, 0.6) is 0 Å². The average Bonchev–Trinajstić information content (AvgIpc) is 3.32. The van der Waals surface area contributed by atoms with E-state index in [1.54, 1.807) is 23.1 Å². The fourth-order valence-corrected chi connectivity index (χ4v) is 3.94. The fourth-order valence-electron chi connectivity index (χ4n) is 3.94. The number of benzene rings is 1. The maximum absolute atomic E-state index is 13.5. The number of nitrogens with zero attached hydrogens (tertiary/aromatic N) is 3. The normalized spacial score (nSPS) is 14.5. The van der Waals surface area contributed by atoms with Crippen LogP contribution in [0.2, 0.25) is 0 Å². The van der Waals surface area contributed by atoms with Crippen molar-refractivity contribution in [3.05, 3.63) is 65.0 Å². The lowest BCUT2D eigenvalue weighted by atomic mass is 9.99. The molecule has 0 aliphatic carbocycles. The number of furan rings is 1. The van der Waals surface area contributed by atoms with Crippen molar-refractivity contribution >= 4 is 11.9 Å². The van der Waals surface area contributed by atoms with Crippen molar-refractivity contribution < 1.29 is 22.4 Å². The van der Waals surface area contributed by atoms with Crippen LogP contribution in [-0.2, 0) is 19.0 Å². The van der Waals surface area contributed by atoms with Gasteiger partial charge in [-0.15, -0.1) is 0 Å². The minimum absolute atomic E-state index is 0.0226. The van der Waals surface area contributed by atoms with Gasteiger partial charge in [0.25, 0.3) is 5.91 Å². The number of nitrogens with two attached hydrogens (primary N) is 1. The van der Waals surface area contributed by atoms with Crippen LogP contribution < -0.4 is 5.73 Å². The summed E-state index contributed by atoms with van der Waals surface area (Å²) in [6.45, 7) is 1.27. The number of aromatic nitrogens is 2. The van der Waals surface area contributed by atoms with Gasteiger partial charge in [0.15, 0.2) is 5.76 Å². The zero-order valence-corrected chi connectivity index (χ0v) is 17.4. The van der Waals surface area contributed by atoms with Crippen molar-refractivity contribution in [1.29, 1.82) is 0 Å². The molecule has 2 N–H and O–H groups in total. The zero-order chi connectivity index (χ0) is 22.7. The highest BCUT2D eigenvalue weighted by molar-refractivity contribution is 6.00. The van der Waals surface area contributed by atoms with E-state index in [1.807, 2.05) is 0 Å². The van der Waals surface area contributed by atoms with E-state index in [1.165, 1.54) is 12.3 Å². The fraction of sp³-hybridized carbons (Fsp3) is 0.348. The molecule has 3 aromatic rings. The molecule has 32 heavy (non-hydrogen) atoms. The quantitative estimate of drug-likeness (QED) is 0.614. The third kappa shape index (κ3) is 4.76. The Kier molecular flexibility index (Phi) is 6.16. The third-order valence-electron chi connectivity index (χ3n) is 5.52. The summed E-state index contributed by atoms with van der Waals surface area (Å²) in [4.78, 5) is 23.8. The number of carbonyl (C=O) groups is 1. The molecule has 1 saturated heterocycles. The van der Waals surface area contributed by atoms with E-state index in [0.717, 1.165) is 31.4 Å². The summed E-state index contributed by atoms with van der Waals surface area (Å²) in [5, 5.41) is 0. The van der Waals surface area contributed by atoms with E-state index in [9.17, 15) is 18.0 Å². The molecule has 0 spiro atoms. The van der Waals surface area contributed by atoms with E-state index in [0.29, 0.717) is 41.4 Å². The molecular weight excluding hydrogens is 421 g/mol. The second-order valence-electron chi connectivity index (χ2n) is 7.78. The first-order chi connectivity index (χ1) is 15.3. The Morgan fingerprint density at radius 2 is 1.84 bits per heavy atom. The second kappa shape index (κ2) is 9.02. The smallest absolute Gasteiger partial charge is 0.416 e. The van der Waals surface area contributed by atoms with Crippen LogP contribution in [0, 0.1) is 0 Å². The summed E-state index contributed by atoms with van der Waals surface area (Å²) in [7, 11) is 0. The van der Waals surface area contributed by atoms with Crippen LogP contribution in [0.25, 0.3) is 11.5 Å². The van der Waals surface area contributed by atoms with Gasteiger partial charge in [-0.3, -0.25) is 4.79 Å². The Bertz CT molecular complexity index is 1090. The van der Waals surface area contributed by atoms with Gasteiger partial charge in [0.1, 0.15) is 5.69 Å². The Morgan fingerprint density at radius 1 is 1.06 bits per heavy atom. The number of hydrogen-bond acceptors (Lipinski definition) is 5. The Hall–Kier alpha value is -3.36. The van der Waals surface area contributed by atoms with Gasteiger partial charge in [-0.25, -0.2) is 9.97 Å². The van der Waals surface area contributed by atoms with Gasteiger partial charge in [0.05, 0.1) is 23.1 Å². The predicted molar refractivity (Wildman–Crippen MR) is 113 cm³/mol. The average molecular weight is 444 g/mol. The highest BCUT2D eigenvalue weighted by Gasteiger charge is 2.31. The number of piperidine rings is 1. The van der Waals surface area contributed by atoms with Crippen molar-refractivity contribution in [3.63, 3.8) is 0 Å². The van der Waals surface area contributed by atoms with Gasteiger partial charge in [-0.05, 0) is 55.9 Å². The minimum atomic E-state index is -4.42. The largest absolute Gasteiger partial charge is 0.463 e. The summed E-state index contributed by atoms with van der Waals surface area (Å²) in [6, 6.07) is 8.52. The van der Waals surface area contributed by atoms with Crippen molar-refractivity contribution in [1.82, 2.24) is 14.9 Å². The molecule has 0 atom stereocenters. The van der Waals surface area contributed by atoms with Crippen molar-refractivity contribution in [2.24, 2.45) is 0 Å². The van der Waals surface area contributed by atoms with Crippen LogP contribution in [0.1, 0.15) is 46.4 Å². The number of hydrogen-bond donors (Lipinski definition) is 1. The lowest BCUT2D eigenvalue weighted by molar-refractivity contribution is -0.137. The van der Waals surface area contributed by atoms with E-state index >= 15 is 0 Å². The first kappa shape index (κ1) is 21.9. The highest BCUT2D eigenvalue weighted by Crippen LogP contribution is 2.31. The van der Waals surface area contributed by atoms with E-state index in [-0.39, 0.29) is 24.7 Å². The first-order valence-corrected chi connectivity index (χ1v) is 10.5. The molecule has 0 saturated carbocycles. The number of halogens is 3. The number of nitrogen functional groups attached to an aromatic ring is 1. The Morgan fingerprint density at radius 3 is 2.53 bits per heavy atom. The van der Waals surface area contributed by atoms with Gasteiger partial charge >= 0.3 is 6.18 Å². The Labute approximate surface area is 183 Å². The minimum Gasteiger partial charge on any atom is -0.463 e. The first-order valence-electron chi connectivity index (χ1n) is 10.5. The van der Waals surface area contributed by atoms with Crippen LogP contribution in [0.4, 0.5) is 19.1 Å². The number of anilines is 1. The predicted octanol–water partition coefficient (Wildman–Crippen LogP) is 4.75. The SMILES string of the molecule is Nc1nc(CCc2cccc(C(F)(F)F)c2)c(C(=O)N2CCCCC2)c(-c2ccco2)n1. The van der Waals surface area contributed by atoms with Gasteiger partial charge in [0, 0.05) is 13.1 Å². The standard InChI is InChI=1S/C23H23F3N4O2/c24-23(25,26)16-7-4-6-15(14-16)9-10-17-19(21(31)30-11-2-1-3-12-30)20(29-22(27)28-17)18-8-5-13-32-18/h4-8,13-14H,1-3,9-12H2,(H2,27,28,29). The molecule has 1 aliphatic rings. The van der Waals surface area contributed by atoms with Crippen molar-refractivity contribution in [3.8, 4) is 11.5 Å². The maximum atomic E-state index is 13.5. The molecule has 3 heterocycles. The summed E-state index contributed by atoms with van der Waals surface area (Å²) in [5.74, 6) is 0.153. The topological polar surface area (TPSA) is 85.2 Å². The molecule has 0 bridgehead atoms. The van der Waals surface area contributed by atoms with Crippen LogP contribution in [0.15, 0.2) is 47.1 Å². The molecule has 0 unspecified atom stereocenters. The second-order valence-corrected chi connectivity index (χ2v) is 7.78. The number of amides is 1. The van der Waals surface area contributed by atoms with Crippen molar-refractivity contribution in [2.45, 2.75) is 38.3 Å². The van der Waals surface area contributed by atoms with E-state index in [4.69, 9.17) is 10.2 Å². The third-order valence-corrected chi connectivity index (χ3v) is 5.52. The number of rotatable bonds is 5. The van der Waals surface area contributed by atoms with Gasteiger partial charge in [-0.2, -0.15) is 13.2 Å². The molecule has 9 heteroatoms. The number of carbonyl (C=O) groups excluding carboxylic acids is 1. The molecule has 6 nitrogen and oxygen atoms in total. The van der Waals surface area contributed by atoms with Gasteiger partial charge in [-0.1, -0.05) is 18.2 Å². The molecule has 0 radical (unpaired) electrons. The van der Waals surface area contributed by atoms with E-state index in [2.05, 4.69) is 9.97 Å². The molecule has 1 aromatic carbocycles. The molecular formula is C23H23F3N4O2. The number of aryl methyl sites for hydroxylation is 2. The van der Waals surface area contributed by atoms with Crippen molar-refractivity contribution in [2.75, 3.05) is 18.8 Å². The van der Waals surface area contributed by atoms with Crippen LogP contribution in [0.3, 0.4) is 0 Å². The summed E-state index contributed by atoms with van der Waals surface area (Å²) < 4.78 is 44.7. The molecule has 4 rings (SSSR count). The van der Waals surface area contributed by atoms with Gasteiger partial charge in [0.2, 0.25) is 5.95 Å². The summed E-state index contributed by atoms with van der Waals surface area (Å²) in [6.07, 6.45) is 0.446. The maximum Gasteiger partial charge on any atom is 0.416 e. The molecule has 1 fully saturated rings. The molecule has 1 aliphatic heterocycles. The lowest BCUT2D eigenvalue weighted by Crippen LogP contribution is -2.37. The van der Waals surface area contributed by atoms with Crippen LogP contribution in [-0.4, -0.2) is 33.9 Å². The highest BCUT2D eigenvalue weighted by atomic mass is 19.4. The molecule has 2 aromatic heterocycles. The Balaban J connectivity index is 1.70. The molecule has 1 amide bonds.